The molecule has 0 aliphatic carbocycles. The molecule has 2 atom stereocenters. The van der Waals surface area contributed by atoms with E-state index in [4.69, 9.17) is 4.74 Å². The van der Waals surface area contributed by atoms with Crippen molar-refractivity contribution in [1.29, 1.82) is 0 Å². The SMILES string of the molecule is C[C@@]1([N+](=O)[O-])CS(=O)(=O)C[C@]1(C)OC(=O)c1ccccc1. The lowest BCUT2D eigenvalue weighted by atomic mass is 9.86. The van der Waals surface area contributed by atoms with Gasteiger partial charge in [-0.1, -0.05) is 18.2 Å². The van der Waals surface area contributed by atoms with E-state index in [1.54, 1.807) is 18.2 Å². The quantitative estimate of drug-likeness (QED) is 0.469. The Morgan fingerprint density at radius 3 is 2.33 bits per heavy atom. The number of carbonyl (C=O) groups is 1. The molecule has 0 unspecified atom stereocenters. The zero-order valence-electron chi connectivity index (χ0n) is 11.6. The molecular formula is C13H15NO6S. The lowest BCUT2D eigenvalue weighted by Crippen LogP contribution is -2.56. The monoisotopic (exact) mass is 313 g/mol. The molecule has 7 nitrogen and oxygen atoms in total. The van der Waals surface area contributed by atoms with Crippen LogP contribution in [0.4, 0.5) is 0 Å². The van der Waals surface area contributed by atoms with Crippen molar-refractivity contribution in [3.05, 3.63) is 46.0 Å². The summed E-state index contributed by atoms with van der Waals surface area (Å²) in [4.78, 5) is 22.7. The van der Waals surface area contributed by atoms with Crippen LogP contribution in [0.3, 0.4) is 0 Å². The highest BCUT2D eigenvalue weighted by Crippen LogP contribution is 2.39. The lowest BCUT2D eigenvalue weighted by Gasteiger charge is -2.31. The summed E-state index contributed by atoms with van der Waals surface area (Å²) in [5.74, 6) is -1.98. The van der Waals surface area contributed by atoms with Crippen LogP contribution in [-0.2, 0) is 14.6 Å². The normalized spacial score (nSPS) is 30.8. The van der Waals surface area contributed by atoms with Gasteiger partial charge in [0.2, 0.25) is 0 Å². The third-order valence-corrected chi connectivity index (χ3v) is 5.86. The van der Waals surface area contributed by atoms with E-state index in [9.17, 15) is 23.3 Å². The summed E-state index contributed by atoms with van der Waals surface area (Å²) < 4.78 is 28.8. The minimum atomic E-state index is -3.65. The molecule has 0 amide bonds. The molecule has 114 valence electrons. The highest BCUT2D eigenvalue weighted by Gasteiger charge is 2.67. The zero-order chi connectivity index (χ0) is 15.9. The van der Waals surface area contributed by atoms with Crippen LogP contribution in [-0.4, -0.2) is 42.0 Å². The minimum Gasteiger partial charge on any atom is -0.447 e. The Labute approximate surface area is 122 Å². The van der Waals surface area contributed by atoms with E-state index in [-0.39, 0.29) is 5.56 Å². The van der Waals surface area contributed by atoms with Gasteiger partial charge in [0.1, 0.15) is 5.75 Å². The number of ether oxygens (including phenoxy) is 1. The van der Waals surface area contributed by atoms with E-state index in [1.165, 1.54) is 26.0 Å². The maximum atomic E-state index is 12.1. The highest BCUT2D eigenvalue weighted by molar-refractivity contribution is 7.91. The Morgan fingerprint density at radius 2 is 1.81 bits per heavy atom. The maximum absolute atomic E-state index is 12.1. The molecular weight excluding hydrogens is 298 g/mol. The number of hydrogen-bond acceptors (Lipinski definition) is 6. The van der Waals surface area contributed by atoms with Crippen LogP contribution in [0.15, 0.2) is 30.3 Å². The van der Waals surface area contributed by atoms with Crippen molar-refractivity contribution in [2.45, 2.75) is 25.0 Å². The third kappa shape index (κ3) is 2.63. The van der Waals surface area contributed by atoms with E-state index >= 15 is 0 Å². The van der Waals surface area contributed by atoms with Crippen LogP contribution >= 0.6 is 0 Å². The fourth-order valence-electron chi connectivity index (χ4n) is 2.43. The number of rotatable bonds is 3. The van der Waals surface area contributed by atoms with Crippen molar-refractivity contribution in [2.75, 3.05) is 11.5 Å². The van der Waals surface area contributed by atoms with E-state index in [0.717, 1.165) is 0 Å². The minimum absolute atomic E-state index is 0.216. The molecule has 1 aliphatic rings. The number of nitrogens with zero attached hydrogens (tertiary/aromatic N) is 1. The molecule has 0 saturated carbocycles. The Bertz CT molecular complexity index is 686. The third-order valence-electron chi connectivity index (χ3n) is 3.87. The molecule has 8 heteroatoms. The Morgan fingerprint density at radius 1 is 1.24 bits per heavy atom. The van der Waals surface area contributed by atoms with Gasteiger partial charge in [0, 0.05) is 11.8 Å². The van der Waals surface area contributed by atoms with Gasteiger partial charge in [-0.25, -0.2) is 13.2 Å². The Hall–Kier alpha value is -1.96. The van der Waals surface area contributed by atoms with Gasteiger partial charge in [-0.15, -0.1) is 0 Å². The molecule has 0 radical (unpaired) electrons. The van der Waals surface area contributed by atoms with Crippen LogP contribution in [0.2, 0.25) is 0 Å². The topological polar surface area (TPSA) is 104 Å². The highest BCUT2D eigenvalue weighted by atomic mass is 32.2. The summed E-state index contributed by atoms with van der Waals surface area (Å²) in [6, 6.07) is 7.95. The fraction of sp³-hybridized carbons (Fsp3) is 0.462. The summed E-state index contributed by atoms with van der Waals surface area (Å²) in [5, 5.41) is 11.3. The van der Waals surface area contributed by atoms with Gasteiger partial charge >= 0.3 is 5.97 Å². The van der Waals surface area contributed by atoms with Crippen molar-refractivity contribution in [1.82, 2.24) is 0 Å². The number of esters is 1. The van der Waals surface area contributed by atoms with Gasteiger partial charge in [0.05, 0.1) is 11.3 Å². The second-order valence-electron chi connectivity index (χ2n) is 5.55. The zero-order valence-corrected chi connectivity index (χ0v) is 12.4. The number of carbonyl (C=O) groups excluding carboxylic acids is 1. The first-order chi connectivity index (χ1) is 9.60. The van der Waals surface area contributed by atoms with Crippen LogP contribution in [0.1, 0.15) is 24.2 Å². The first-order valence-electron chi connectivity index (χ1n) is 6.23. The van der Waals surface area contributed by atoms with Crippen LogP contribution in [0, 0.1) is 10.1 Å². The molecule has 1 fully saturated rings. The molecule has 0 N–H and O–H groups in total. The predicted molar refractivity (Wildman–Crippen MR) is 74.3 cm³/mol. The second kappa shape index (κ2) is 4.80. The largest absolute Gasteiger partial charge is 0.447 e. The summed E-state index contributed by atoms with van der Waals surface area (Å²) in [6.07, 6.45) is 0. The lowest BCUT2D eigenvalue weighted by molar-refractivity contribution is -0.578. The number of benzene rings is 1. The van der Waals surface area contributed by atoms with Crippen LogP contribution < -0.4 is 0 Å². The van der Waals surface area contributed by atoms with Crippen molar-refractivity contribution in [3.8, 4) is 0 Å². The van der Waals surface area contributed by atoms with Crippen LogP contribution in [0.25, 0.3) is 0 Å². The van der Waals surface area contributed by atoms with Gasteiger partial charge in [0.15, 0.2) is 15.4 Å². The average Bonchev–Trinajstić information content (AvgIpc) is 2.56. The van der Waals surface area contributed by atoms with Crippen molar-refractivity contribution in [2.24, 2.45) is 0 Å². The molecule has 0 aromatic heterocycles. The Kier molecular flexibility index (Phi) is 3.53. The van der Waals surface area contributed by atoms with E-state index in [2.05, 4.69) is 0 Å². The first-order valence-corrected chi connectivity index (χ1v) is 8.05. The smallest absolute Gasteiger partial charge is 0.338 e. The average molecular weight is 313 g/mol. The van der Waals surface area contributed by atoms with E-state index < -0.39 is 43.4 Å². The predicted octanol–water partition coefficient (Wildman–Crippen LogP) is 1.07. The molecule has 1 saturated heterocycles. The summed E-state index contributed by atoms with van der Waals surface area (Å²) in [6.45, 7) is 2.48. The molecule has 0 spiro atoms. The number of sulfone groups is 1. The number of nitro groups is 1. The summed E-state index contributed by atoms with van der Waals surface area (Å²) in [5.41, 5.74) is -3.35. The molecule has 2 rings (SSSR count). The van der Waals surface area contributed by atoms with Gasteiger partial charge in [0.25, 0.3) is 5.54 Å². The van der Waals surface area contributed by atoms with Crippen LogP contribution in [0.5, 0.6) is 0 Å². The second-order valence-corrected chi connectivity index (χ2v) is 7.61. The van der Waals surface area contributed by atoms with E-state index in [0.29, 0.717) is 0 Å². The Balaban J connectivity index is 2.36. The number of hydrogen-bond donors (Lipinski definition) is 0. The molecule has 21 heavy (non-hydrogen) atoms. The standard InChI is InChI=1S/C13H15NO6S/c1-12(14(16)17)8-21(18,19)9-13(12,2)20-11(15)10-6-4-3-5-7-10/h3-7H,8-9H2,1-2H3/t12-,13+/m1/s1. The summed E-state index contributed by atoms with van der Waals surface area (Å²) in [7, 11) is -3.65. The van der Waals surface area contributed by atoms with Crippen molar-refractivity contribution < 1.29 is 22.9 Å². The van der Waals surface area contributed by atoms with Gasteiger partial charge in [-0.3, -0.25) is 10.1 Å². The fourth-order valence-corrected chi connectivity index (χ4v) is 5.01. The summed E-state index contributed by atoms with van der Waals surface area (Å²) >= 11 is 0. The molecule has 1 aliphatic heterocycles. The molecule has 0 bridgehead atoms. The molecule has 1 aromatic rings. The first kappa shape index (κ1) is 15.4. The molecule has 1 aromatic carbocycles. The van der Waals surface area contributed by atoms with Gasteiger partial charge in [-0.05, 0) is 19.1 Å². The molecule has 1 heterocycles. The van der Waals surface area contributed by atoms with Crippen molar-refractivity contribution in [3.63, 3.8) is 0 Å². The van der Waals surface area contributed by atoms with Crippen molar-refractivity contribution >= 4 is 15.8 Å². The van der Waals surface area contributed by atoms with E-state index in [1.807, 2.05) is 0 Å². The van der Waals surface area contributed by atoms with Gasteiger partial charge in [-0.2, -0.15) is 0 Å². The maximum Gasteiger partial charge on any atom is 0.338 e. The van der Waals surface area contributed by atoms with Gasteiger partial charge < -0.3 is 4.74 Å².